The lowest BCUT2D eigenvalue weighted by atomic mass is 10.1. The first kappa shape index (κ1) is 15.8. The van der Waals surface area contributed by atoms with Gasteiger partial charge in [-0.05, 0) is 23.8 Å². The van der Waals surface area contributed by atoms with Gasteiger partial charge in [-0.2, -0.15) is 5.26 Å². The van der Waals surface area contributed by atoms with Crippen molar-refractivity contribution < 1.29 is 8.42 Å². The second-order valence-electron chi connectivity index (χ2n) is 4.38. The van der Waals surface area contributed by atoms with Crippen molar-refractivity contribution in [2.24, 2.45) is 0 Å². The second kappa shape index (κ2) is 6.48. The van der Waals surface area contributed by atoms with Gasteiger partial charge in [0.05, 0.1) is 27.4 Å². The molecule has 0 aliphatic rings. The van der Waals surface area contributed by atoms with Crippen LogP contribution in [0.5, 0.6) is 0 Å². The summed E-state index contributed by atoms with van der Waals surface area (Å²) in [5, 5.41) is 8.47. The Labute approximate surface area is 133 Å². The van der Waals surface area contributed by atoms with Crippen LogP contribution in [0.15, 0.2) is 53.4 Å². The topological polar surface area (TPSA) is 57.9 Å². The number of nitriles is 1. The van der Waals surface area contributed by atoms with Gasteiger partial charge in [-0.25, -0.2) is 8.42 Å². The van der Waals surface area contributed by atoms with Crippen LogP contribution in [0.3, 0.4) is 0 Å². The van der Waals surface area contributed by atoms with E-state index in [1.165, 1.54) is 18.2 Å². The van der Waals surface area contributed by atoms with Crippen LogP contribution in [0.25, 0.3) is 0 Å². The van der Waals surface area contributed by atoms with Crippen LogP contribution in [0.4, 0.5) is 0 Å². The lowest BCUT2D eigenvalue weighted by Crippen LogP contribution is -2.13. The third-order valence-corrected chi connectivity index (χ3v) is 5.88. The summed E-state index contributed by atoms with van der Waals surface area (Å²) >= 11 is 11.7. The maximum Gasteiger partial charge on any atom is 0.186 e. The Morgan fingerprint density at radius 1 is 1.05 bits per heavy atom. The van der Waals surface area contributed by atoms with E-state index in [0.717, 1.165) is 0 Å². The molecule has 0 saturated heterocycles. The minimum atomic E-state index is -3.72. The van der Waals surface area contributed by atoms with Crippen LogP contribution < -0.4 is 0 Å². The van der Waals surface area contributed by atoms with Crippen LogP contribution in [-0.4, -0.2) is 8.42 Å². The average Bonchev–Trinajstić information content (AvgIpc) is 2.48. The predicted molar refractivity (Wildman–Crippen MR) is 83.1 cm³/mol. The summed E-state index contributed by atoms with van der Waals surface area (Å²) in [5.41, 5.74) is 0.574. The van der Waals surface area contributed by atoms with Crippen LogP contribution >= 0.6 is 23.2 Å². The first-order valence-corrected chi connectivity index (χ1v) is 8.38. The molecular weight excluding hydrogens is 329 g/mol. The van der Waals surface area contributed by atoms with E-state index in [-0.39, 0.29) is 21.4 Å². The quantitative estimate of drug-likeness (QED) is 0.828. The summed E-state index contributed by atoms with van der Waals surface area (Å²) in [6.45, 7) is 0. The zero-order chi connectivity index (χ0) is 15.5. The molecule has 0 radical (unpaired) electrons. The number of rotatable bonds is 4. The maximum atomic E-state index is 12.7. The van der Waals surface area contributed by atoms with Crippen LogP contribution in [0.1, 0.15) is 17.2 Å². The molecule has 6 heteroatoms. The van der Waals surface area contributed by atoms with Crippen molar-refractivity contribution in [2.45, 2.75) is 16.6 Å². The summed E-state index contributed by atoms with van der Waals surface area (Å²) in [7, 11) is -3.72. The summed E-state index contributed by atoms with van der Waals surface area (Å²) in [5.74, 6) is 0. The summed E-state index contributed by atoms with van der Waals surface area (Å²) in [6.07, 6.45) is -0.132. The molecule has 0 aliphatic heterocycles. The minimum absolute atomic E-state index is 0.0565. The van der Waals surface area contributed by atoms with Gasteiger partial charge in [-0.1, -0.05) is 53.5 Å². The fourth-order valence-electron chi connectivity index (χ4n) is 1.98. The van der Waals surface area contributed by atoms with Crippen molar-refractivity contribution in [3.8, 4) is 6.07 Å². The molecule has 0 aliphatic carbocycles. The molecule has 0 heterocycles. The van der Waals surface area contributed by atoms with Gasteiger partial charge in [0.15, 0.2) is 9.84 Å². The van der Waals surface area contributed by atoms with Gasteiger partial charge in [0, 0.05) is 0 Å². The fourth-order valence-corrected chi connectivity index (χ4v) is 4.02. The largest absolute Gasteiger partial charge is 0.223 e. The Morgan fingerprint density at radius 2 is 1.71 bits per heavy atom. The van der Waals surface area contributed by atoms with E-state index in [2.05, 4.69) is 0 Å². The molecule has 0 aromatic heterocycles. The molecule has 0 fully saturated rings. The van der Waals surface area contributed by atoms with Crippen LogP contribution in [0, 0.1) is 11.3 Å². The van der Waals surface area contributed by atoms with Crippen molar-refractivity contribution in [2.75, 3.05) is 0 Å². The van der Waals surface area contributed by atoms with Gasteiger partial charge in [0.2, 0.25) is 0 Å². The average molecular weight is 340 g/mol. The first-order chi connectivity index (χ1) is 9.96. The minimum Gasteiger partial charge on any atom is -0.223 e. The molecule has 2 aromatic rings. The van der Waals surface area contributed by atoms with Crippen LogP contribution in [0.2, 0.25) is 10.0 Å². The lowest BCUT2D eigenvalue weighted by molar-refractivity contribution is 0.582. The highest BCUT2D eigenvalue weighted by Gasteiger charge is 2.29. The van der Waals surface area contributed by atoms with Crippen LogP contribution in [-0.2, 0) is 9.84 Å². The number of nitrogens with zero attached hydrogens (tertiary/aromatic N) is 1. The lowest BCUT2D eigenvalue weighted by Gasteiger charge is -2.15. The molecular formula is C15H11Cl2NO2S. The van der Waals surface area contributed by atoms with Crippen molar-refractivity contribution in [1.82, 2.24) is 0 Å². The number of benzene rings is 2. The highest BCUT2D eigenvalue weighted by molar-refractivity contribution is 7.91. The standard InChI is InChI=1S/C15H11Cl2NO2S/c16-13-7-6-12(10-14(13)17)21(19,20)15(8-9-18)11-4-2-1-3-5-11/h1-7,10,15H,8H2. The predicted octanol–water partition coefficient (Wildman–Crippen LogP) is 4.42. The van der Waals surface area contributed by atoms with Gasteiger partial charge in [-0.3, -0.25) is 0 Å². The maximum absolute atomic E-state index is 12.7. The Morgan fingerprint density at radius 3 is 2.29 bits per heavy atom. The van der Waals surface area contributed by atoms with E-state index in [4.69, 9.17) is 28.5 Å². The van der Waals surface area contributed by atoms with Gasteiger partial charge < -0.3 is 0 Å². The normalized spacial score (nSPS) is 12.6. The summed E-state index contributed by atoms with van der Waals surface area (Å²) < 4.78 is 25.5. The van der Waals surface area contributed by atoms with Crippen molar-refractivity contribution >= 4 is 33.0 Å². The van der Waals surface area contributed by atoms with E-state index in [9.17, 15) is 8.42 Å². The summed E-state index contributed by atoms with van der Waals surface area (Å²) in [6, 6.07) is 14.7. The highest BCUT2D eigenvalue weighted by atomic mass is 35.5. The Balaban J connectivity index is 2.53. The monoisotopic (exact) mass is 339 g/mol. The number of sulfone groups is 1. The molecule has 2 aromatic carbocycles. The zero-order valence-corrected chi connectivity index (χ0v) is 13.2. The SMILES string of the molecule is N#CCC(c1ccccc1)S(=O)(=O)c1ccc(Cl)c(Cl)c1. The second-order valence-corrected chi connectivity index (χ2v) is 7.33. The van der Waals surface area contributed by atoms with Crippen molar-refractivity contribution in [1.29, 1.82) is 5.26 Å². The van der Waals surface area contributed by atoms with E-state index in [1.54, 1.807) is 30.3 Å². The van der Waals surface area contributed by atoms with Gasteiger partial charge in [0.25, 0.3) is 0 Å². The van der Waals surface area contributed by atoms with E-state index in [0.29, 0.717) is 5.56 Å². The van der Waals surface area contributed by atoms with Crippen molar-refractivity contribution in [3.05, 3.63) is 64.1 Å². The Hall–Kier alpha value is -1.54. The number of hydrogen-bond donors (Lipinski definition) is 0. The van der Waals surface area contributed by atoms with E-state index >= 15 is 0 Å². The third kappa shape index (κ3) is 3.38. The zero-order valence-electron chi connectivity index (χ0n) is 10.8. The third-order valence-electron chi connectivity index (χ3n) is 3.04. The highest BCUT2D eigenvalue weighted by Crippen LogP contribution is 2.34. The molecule has 3 nitrogen and oxygen atoms in total. The number of halogens is 2. The molecule has 1 atom stereocenters. The molecule has 0 spiro atoms. The first-order valence-electron chi connectivity index (χ1n) is 6.07. The summed E-state index contributed by atoms with van der Waals surface area (Å²) in [4.78, 5) is 0.0565. The van der Waals surface area contributed by atoms with Gasteiger partial charge in [0.1, 0.15) is 5.25 Å². The Kier molecular flexibility index (Phi) is 4.89. The van der Waals surface area contributed by atoms with E-state index < -0.39 is 15.1 Å². The molecule has 1 unspecified atom stereocenters. The number of hydrogen-bond acceptors (Lipinski definition) is 3. The molecule has 21 heavy (non-hydrogen) atoms. The molecule has 0 amide bonds. The molecule has 0 saturated carbocycles. The molecule has 0 N–H and O–H groups in total. The molecule has 0 bridgehead atoms. The fraction of sp³-hybridized carbons (Fsp3) is 0.133. The molecule has 108 valence electrons. The van der Waals surface area contributed by atoms with E-state index in [1.807, 2.05) is 6.07 Å². The van der Waals surface area contributed by atoms with Gasteiger partial charge in [-0.15, -0.1) is 0 Å². The Bertz CT molecular complexity index is 783. The van der Waals surface area contributed by atoms with Crippen molar-refractivity contribution in [3.63, 3.8) is 0 Å². The smallest absolute Gasteiger partial charge is 0.186 e. The molecule has 2 rings (SSSR count). The van der Waals surface area contributed by atoms with Gasteiger partial charge >= 0.3 is 0 Å².